The Morgan fingerprint density at radius 2 is 1.92 bits per heavy atom. The lowest BCUT2D eigenvalue weighted by Crippen LogP contribution is -2.60. The van der Waals surface area contributed by atoms with E-state index in [2.05, 4.69) is 33.8 Å². The minimum atomic E-state index is -3.91. The summed E-state index contributed by atoms with van der Waals surface area (Å²) in [6.45, 7) is 9.47. The smallest absolute Gasteiger partial charge is 0.410 e. The molecule has 3 heterocycles. The number of fused-ring (bicyclic) bond motifs is 3. The molecular formula is C35H43N5O9S. The highest BCUT2D eigenvalue weighted by Gasteiger charge is 2.62. The molecule has 268 valence electrons. The van der Waals surface area contributed by atoms with E-state index in [0.717, 1.165) is 16.7 Å². The quantitative estimate of drug-likeness (QED) is 0.294. The van der Waals surface area contributed by atoms with Crippen molar-refractivity contribution >= 4 is 39.9 Å². The maximum absolute atomic E-state index is 14.3. The fraction of sp³-hybridized carbons (Fsp3) is 0.571. The van der Waals surface area contributed by atoms with Gasteiger partial charge in [-0.3, -0.25) is 24.0 Å². The van der Waals surface area contributed by atoms with Gasteiger partial charge < -0.3 is 25.0 Å². The molecule has 4 bridgehead atoms. The average molecular weight is 710 g/mol. The molecule has 14 nitrogen and oxygen atoms in total. The second-order valence-corrected chi connectivity index (χ2v) is 16.7. The van der Waals surface area contributed by atoms with Crippen molar-refractivity contribution in [1.82, 2.24) is 25.2 Å². The number of benzene rings is 1. The lowest BCUT2D eigenvalue weighted by atomic mass is 9.85. The maximum atomic E-state index is 14.3. The highest BCUT2D eigenvalue weighted by Crippen LogP contribution is 2.45. The molecular weight excluding hydrogens is 666 g/mol. The van der Waals surface area contributed by atoms with E-state index in [1.54, 1.807) is 20.8 Å². The number of cyclic esters (lactones) is 1. The Hall–Kier alpha value is -4.58. The molecule has 2 aliphatic carbocycles. The number of nitrogens with zero attached hydrogens (tertiary/aromatic N) is 2. The lowest BCUT2D eigenvalue weighted by Gasteiger charge is -2.35. The normalized spacial score (nSPS) is 28.4. The number of nitrogens with one attached hydrogen (secondary N) is 3. The molecule has 3 aliphatic heterocycles. The van der Waals surface area contributed by atoms with E-state index < -0.39 is 80.2 Å². The van der Waals surface area contributed by atoms with Crippen LogP contribution in [0.25, 0.3) is 0 Å². The average Bonchev–Trinajstić information content (AvgIpc) is 3.94. The molecule has 0 spiro atoms. The Morgan fingerprint density at radius 3 is 2.60 bits per heavy atom. The fourth-order valence-electron chi connectivity index (χ4n) is 6.74. The molecule has 0 radical (unpaired) electrons. The molecule has 3 N–H and O–H groups in total. The zero-order valence-corrected chi connectivity index (χ0v) is 29.3. The highest BCUT2D eigenvalue weighted by molar-refractivity contribution is 7.91. The molecule has 1 aromatic carbocycles. The van der Waals surface area contributed by atoms with Gasteiger partial charge in [0.25, 0.3) is 5.91 Å². The topological polar surface area (TPSA) is 181 Å². The van der Waals surface area contributed by atoms with Gasteiger partial charge in [-0.25, -0.2) is 18.0 Å². The maximum Gasteiger partial charge on any atom is 0.410 e. The number of hydrogen-bond acceptors (Lipinski definition) is 9. The monoisotopic (exact) mass is 709 g/mol. The van der Waals surface area contributed by atoms with Crippen molar-refractivity contribution in [2.24, 2.45) is 11.3 Å². The Kier molecular flexibility index (Phi) is 9.36. The van der Waals surface area contributed by atoms with Gasteiger partial charge in [0.15, 0.2) is 0 Å². The molecule has 5 atom stereocenters. The van der Waals surface area contributed by atoms with Crippen LogP contribution in [-0.4, -0.2) is 90.3 Å². The Bertz CT molecular complexity index is 1790. The standard InChI is InChI=1S/C35H43N5O9S/c1-5-23-17-35(23,31(43)38-50(46,47)25-13-14-25)37-29(41)27-16-24-19-40(27)30(42)28(34(2,3)4)36-32(44)48-15-8-6-7-10-21-11-9-12-22-18-39(20-26(21)22)33(45)49-24/h5,9,11-12,23-25,27-28H,1,6,8,13-20H2,2-4H3,(H,36,44)(H,37,41)(H,38,43)/t23-,24+,27-,28+,35+/m0/s1. The number of alkyl carbamates (subject to hydrolysis) is 1. The van der Waals surface area contributed by atoms with E-state index >= 15 is 0 Å². The Morgan fingerprint density at radius 1 is 1.16 bits per heavy atom. The first-order valence-electron chi connectivity index (χ1n) is 16.9. The second-order valence-electron chi connectivity index (χ2n) is 14.7. The van der Waals surface area contributed by atoms with E-state index in [9.17, 15) is 32.4 Å². The summed E-state index contributed by atoms with van der Waals surface area (Å²) in [6, 6.07) is 3.31. The van der Waals surface area contributed by atoms with Crippen LogP contribution in [0, 0.1) is 23.2 Å². The van der Waals surface area contributed by atoms with Gasteiger partial charge in [0.05, 0.1) is 24.9 Å². The summed E-state index contributed by atoms with van der Waals surface area (Å²) in [7, 11) is -3.91. The summed E-state index contributed by atoms with van der Waals surface area (Å²) in [6.07, 6.45) is 0.952. The van der Waals surface area contributed by atoms with Crippen molar-refractivity contribution in [3.8, 4) is 11.8 Å². The van der Waals surface area contributed by atoms with Crippen LogP contribution in [-0.2, 0) is 47.0 Å². The van der Waals surface area contributed by atoms with Gasteiger partial charge >= 0.3 is 12.2 Å². The zero-order chi connectivity index (χ0) is 36.0. The van der Waals surface area contributed by atoms with Crippen LogP contribution in [0.2, 0.25) is 0 Å². The predicted molar refractivity (Wildman–Crippen MR) is 179 cm³/mol. The van der Waals surface area contributed by atoms with Crippen LogP contribution in [0.4, 0.5) is 9.59 Å². The number of amides is 5. The Balaban J connectivity index is 1.28. The van der Waals surface area contributed by atoms with Gasteiger partial charge in [-0.1, -0.05) is 50.8 Å². The first-order valence-corrected chi connectivity index (χ1v) is 18.5. The minimum Gasteiger partial charge on any atom is -0.450 e. The molecule has 50 heavy (non-hydrogen) atoms. The predicted octanol–water partition coefficient (Wildman–Crippen LogP) is 2.06. The van der Waals surface area contributed by atoms with Crippen LogP contribution < -0.4 is 15.4 Å². The number of hydrogen-bond donors (Lipinski definition) is 3. The van der Waals surface area contributed by atoms with Crippen LogP contribution in [0.3, 0.4) is 0 Å². The van der Waals surface area contributed by atoms with E-state index in [-0.39, 0.29) is 32.5 Å². The van der Waals surface area contributed by atoms with Crippen molar-refractivity contribution in [1.29, 1.82) is 0 Å². The fourth-order valence-corrected chi connectivity index (χ4v) is 8.10. The van der Waals surface area contributed by atoms with Gasteiger partial charge in [-0.15, -0.1) is 6.58 Å². The summed E-state index contributed by atoms with van der Waals surface area (Å²) in [4.78, 5) is 71.0. The van der Waals surface area contributed by atoms with Crippen LogP contribution in [0.5, 0.6) is 0 Å². The Labute approximate surface area is 291 Å². The van der Waals surface area contributed by atoms with Crippen LogP contribution in [0.15, 0.2) is 30.9 Å². The number of rotatable bonds is 6. The van der Waals surface area contributed by atoms with Crippen molar-refractivity contribution in [3.05, 3.63) is 47.5 Å². The van der Waals surface area contributed by atoms with Gasteiger partial charge in [0, 0.05) is 30.9 Å². The van der Waals surface area contributed by atoms with Gasteiger partial charge in [0.1, 0.15) is 23.7 Å². The van der Waals surface area contributed by atoms with Gasteiger partial charge in [-0.2, -0.15) is 0 Å². The van der Waals surface area contributed by atoms with Crippen molar-refractivity contribution < 1.29 is 41.9 Å². The first-order chi connectivity index (χ1) is 23.6. The lowest BCUT2D eigenvalue weighted by molar-refractivity contribution is -0.142. The first kappa shape index (κ1) is 35.3. The van der Waals surface area contributed by atoms with Crippen molar-refractivity contribution in [2.75, 3.05) is 13.2 Å². The van der Waals surface area contributed by atoms with Crippen molar-refractivity contribution in [2.45, 2.75) is 101 Å². The SMILES string of the molecule is C=C[C@H]1C[C@]1(NC(=O)[C@@H]1C[C@@H]2CN1C(=O)[C@H](C(C)(C)C)NC(=O)OCCCC#Cc1cccc3c1CN(C3)C(=O)O2)C(=O)NS(=O)(=O)C1CC1. The molecule has 3 fully saturated rings. The number of sulfonamides is 1. The largest absolute Gasteiger partial charge is 0.450 e. The molecule has 15 heteroatoms. The molecule has 5 aliphatic rings. The summed E-state index contributed by atoms with van der Waals surface area (Å²) in [5.41, 5.74) is 0.217. The minimum absolute atomic E-state index is 0.0660. The molecule has 6 rings (SSSR count). The van der Waals surface area contributed by atoms with E-state index in [1.165, 1.54) is 15.9 Å². The highest BCUT2D eigenvalue weighted by atomic mass is 32.2. The molecule has 0 unspecified atom stereocenters. The third kappa shape index (κ3) is 7.17. The number of carbonyl (C=O) groups excluding carboxylic acids is 5. The molecule has 2 saturated carbocycles. The van der Waals surface area contributed by atoms with Crippen LogP contribution >= 0.6 is 0 Å². The third-order valence-electron chi connectivity index (χ3n) is 9.88. The zero-order valence-electron chi connectivity index (χ0n) is 28.5. The summed E-state index contributed by atoms with van der Waals surface area (Å²) >= 11 is 0. The van der Waals surface area contributed by atoms with E-state index in [0.29, 0.717) is 32.2 Å². The van der Waals surface area contributed by atoms with Crippen LogP contribution in [0.1, 0.15) is 76.0 Å². The molecule has 1 saturated heterocycles. The summed E-state index contributed by atoms with van der Waals surface area (Å²) in [5, 5.41) is 4.73. The summed E-state index contributed by atoms with van der Waals surface area (Å²) < 4.78 is 38.7. The van der Waals surface area contributed by atoms with Gasteiger partial charge in [0.2, 0.25) is 21.8 Å². The molecule has 5 amide bonds. The molecule has 1 aromatic rings. The third-order valence-corrected chi connectivity index (χ3v) is 11.7. The van der Waals surface area contributed by atoms with E-state index in [1.807, 2.05) is 18.2 Å². The number of ether oxygens (including phenoxy) is 2. The summed E-state index contributed by atoms with van der Waals surface area (Å²) in [5.74, 6) is 3.51. The van der Waals surface area contributed by atoms with Crippen molar-refractivity contribution in [3.63, 3.8) is 0 Å². The van der Waals surface area contributed by atoms with E-state index in [4.69, 9.17) is 9.47 Å². The van der Waals surface area contributed by atoms with Gasteiger partial charge in [-0.05, 0) is 48.3 Å². The number of carbonyl (C=O) groups is 5. The molecule has 0 aromatic heterocycles. The second kappa shape index (κ2) is 13.3.